The number of non-ortho nitro benzene ring substituents is 1. The first-order valence-electron chi connectivity index (χ1n) is 3.66. The molecule has 0 saturated carbocycles. The number of nitrogens with zero attached hydrogens (tertiary/aromatic N) is 1. The Morgan fingerprint density at radius 3 is 2.77 bits per heavy atom. The molecule has 1 aliphatic heterocycles. The van der Waals surface area contributed by atoms with E-state index in [9.17, 15) is 10.1 Å². The van der Waals surface area contributed by atoms with Crippen LogP contribution >= 0.6 is 12.6 Å². The van der Waals surface area contributed by atoms with Crippen molar-refractivity contribution in [3.05, 3.63) is 28.3 Å². The predicted octanol–water partition coefficient (Wildman–Crippen LogP) is 1.65. The zero-order valence-corrected chi connectivity index (χ0v) is 7.41. The summed E-state index contributed by atoms with van der Waals surface area (Å²) in [6.45, 7) is 0. The quantitative estimate of drug-likeness (QED) is 0.364. The molecule has 0 amide bonds. The number of fused-ring (bicyclic) bond motifs is 1. The third-order valence-electron chi connectivity index (χ3n) is 1.80. The minimum atomic E-state index is -0.423. The Labute approximate surface area is 79.7 Å². The highest BCUT2D eigenvalue weighted by Gasteiger charge is 2.18. The Morgan fingerprint density at radius 2 is 2.08 bits per heavy atom. The highest BCUT2D eigenvalue weighted by molar-refractivity contribution is 7.81. The Balaban J connectivity index is 2.40. The molecule has 68 valence electrons. The van der Waals surface area contributed by atoms with Gasteiger partial charge in [0.25, 0.3) is 5.69 Å². The summed E-state index contributed by atoms with van der Waals surface area (Å²) in [5.74, 6) is 0. The maximum Gasteiger partial charge on any atom is 0.271 e. The van der Waals surface area contributed by atoms with Crippen LogP contribution in [0, 0.1) is 10.1 Å². The monoisotopic (exact) mass is 197 g/mol. The van der Waals surface area contributed by atoms with Gasteiger partial charge in [0.15, 0.2) is 0 Å². The predicted molar refractivity (Wildman–Crippen MR) is 53.1 cm³/mol. The molecule has 2 rings (SSSR count). The third-order valence-corrected chi connectivity index (χ3v) is 2.06. The second kappa shape index (κ2) is 2.81. The van der Waals surface area contributed by atoms with Crippen molar-refractivity contribution in [2.45, 2.75) is 5.50 Å². The lowest BCUT2D eigenvalue weighted by Crippen LogP contribution is -2.12. The number of benzene rings is 1. The summed E-state index contributed by atoms with van der Waals surface area (Å²) in [6.07, 6.45) is 0. The minimum absolute atomic E-state index is 0.0792. The molecule has 0 bridgehead atoms. The second-order valence-corrected chi connectivity index (χ2v) is 3.19. The highest BCUT2D eigenvalue weighted by atomic mass is 32.1. The first kappa shape index (κ1) is 8.18. The Bertz CT molecular complexity index is 369. The van der Waals surface area contributed by atoms with Gasteiger partial charge >= 0.3 is 0 Å². The number of nitrogens with one attached hydrogen (secondary N) is 2. The van der Waals surface area contributed by atoms with Crippen molar-refractivity contribution in [1.82, 2.24) is 0 Å². The molecule has 0 fully saturated rings. The number of rotatable bonds is 1. The van der Waals surface area contributed by atoms with Gasteiger partial charge in [-0.25, -0.2) is 0 Å². The van der Waals surface area contributed by atoms with E-state index in [-0.39, 0.29) is 11.2 Å². The number of hydrogen-bond donors (Lipinski definition) is 3. The first-order chi connectivity index (χ1) is 6.16. The maximum absolute atomic E-state index is 10.4. The van der Waals surface area contributed by atoms with Crippen LogP contribution in [0.4, 0.5) is 17.1 Å². The van der Waals surface area contributed by atoms with E-state index in [0.29, 0.717) is 5.69 Å². The van der Waals surface area contributed by atoms with Gasteiger partial charge in [-0.1, -0.05) is 0 Å². The average Bonchev–Trinajstić information content (AvgIpc) is 2.42. The molecule has 0 aromatic heterocycles. The van der Waals surface area contributed by atoms with Gasteiger partial charge in [-0.3, -0.25) is 10.1 Å². The SMILES string of the molecule is O=[N+]([O-])c1ccc2c(c1)NC(S)N2. The summed E-state index contributed by atoms with van der Waals surface area (Å²) in [7, 11) is 0. The van der Waals surface area contributed by atoms with Crippen LogP contribution in [-0.2, 0) is 0 Å². The molecule has 1 aliphatic rings. The average molecular weight is 197 g/mol. The van der Waals surface area contributed by atoms with Gasteiger partial charge in [-0.2, -0.15) is 0 Å². The van der Waals surface area contributed by atoms with Gasteiger partial charge in [0.05, 0.1) is 16.3 Å². The molecule has 6 heteroatoms. The molecule has 1 aromatic rings. The van der Waals surface area contributed by atoms with Crippen LogP contribution < -0.4 is 10.6 Å². The van der Waals surface area contributed by atoms with Crippen molar-refractivity contribution in [1.29, 1.82) is 0 Å². The van der Waals surface area contributed by atoms with Crippen molar-refractivity contribution >= 4 is 29.7 Å². The van der Waals surface area contributed by atoms with E-state index in [1.165, 1.54) is 12.1 Å². The molecule has 1 atom stereocenters. The Kier molecular flexibility index (Phi) is 1.77. The third kappa shape index (κ3) is 1.40. The Morgan fingerprint density at radius 1 is 1.38 bits per heavy atom. The van der Waals surface area contributed by atoms with Gasteiger partial charge in [0.1, 0.15) is 5.50 Å². The van der Waals surface area contributed by atoms with E-state index in [1.807, 2.05) is 0 Å². The van der Waals surface area contributed by atoms with Crippen LogP contribution in [0.3, 0.4) is 0 Å². The molecule has 0 saturated heterocycles. The van der Waals surface area contributed by atoms with Crippen molar-refractivity contribution < 1.29 is 4.92 Å². The zero-order valence-electron chi connectivity index (χ0n) is 6.52. The van der Waals surface area contributed by atoms with E-state index < -0.39 is 4.92 Å². The summed E-state index contributed by atoms with van der Waals surface area (Å²) >= 11 is 4.13. The normalized spacial score (nSPS) is 18.7. The van der Waals surface area contributed by atoms with Crippen molar-refractivity contribution in [3.8, 4) is 0 Å². The van der Waals surface area contributed by atoms with Gasteiger partial charge in [-0.15, -0.1) is 12.6 Å². The minimum Gasteiger partial charge on any atom is -0.355 e. The fourth-order valence-electron chi connectivity index (χ4n) is 1.22. The van der Waals surface area contributed by atoms with E-state index in [4.69, 9.17) is 0 Å². The van der Waals surface area contributed by atoms with Gasteiger partial charge in [0.2, 0.25) is 0 Å². The first-order valence-corrected chi connectivity index (χ1v) is 4.18. The van der Waals surface area contributed by atoms with E-state index in [1.54, 1.807) is 6.07 Å². The molecular weight excluding hydrogens is 190 g/mol. The molecule has 1 aromatic carbocycles. The lowest BCUT2D eigenvalue weighted by molar-refractivity contribution is -0.384. The standard InChI is InChI=1S/C7H7N3O2S/c11-10(12)4-1-2-5-6(3-4)9-7(13)8-5/h1-3,7-9,13H. The fraction of sp³-hybridized carbons (Fsp3) is 0.143. The second-order valence-electron chi connectivity index (χ2n) is 2.68. The summed E-state index contributed by atoms with van der Waals surface area (Å²) in [4.78, 5) is 10.00. The van der Waals surface area contributed by atoms with Crippen molar-refractivity contribution in [2.24, 2.45) is 0 Å². The number of hydrogen-bond acceptors (Lipinski definition) is 5. The smallest absolute Gasteiger partial charge is 0.271 e. The Hall–Kier alpha value is -1.43. The lowest BCUT2D eigenvalue weighted by atomic mass is 10.2. The molecule has 1 heterocycles. The van der Waals surface area contributed by atoms with Crippen LogP contribution in [0.5, 0.6) is 0 Å². The zero-order chi connectivity index (χ0) is 9.42. The molecule has 1 unspecified atom stereocenters. The largest absolute Gasteiger partial charge is 0.355 e. The summed E-state index contributed by atoms with van der Waals surface area (Å²) in [5, 5.41) is 16.4. The topological polar surface area (TPSA) is 67.2 Å². The van der Waals surface area contributed by atoms with E-state index >= 15 is 0 Å². The fourth-order valence-corrected chi connectivity index (χ4v) is 1.50. The molecule has 0 radical (unpaired) electrons. The summed E-state index contributed by atoms with van der Waals surface area (Å²) < 4.78 is 0. The molecule has 0 spiro atoms. The van der Waals surface area contributed by atoms with E-state index in [0.717, 1.165) is 5.69 Å². The van der Waals surface area contributed by atoms with Crippen molar-refractivity contribution in [2.75, 3.05) is 10.6 Å². The van der Waals surface area contributed by atoms with Crippen LogP contribution in [0.1, 0.15) is 0 Å². The van der Waals surface area contributed by atoms with Crippen LogP contribution in [0.25, 0.3) is 0 Å². The number of nitro benzene ring substituents is 1. The number of anilines is 2. The molecule has 0 aliphatic carbocycles. The van der Waals surface area contributed by atoms with Crippen LogP contribution in [0.2, 0.25) is 0 Å². The van der Waals surface area contributed by atoms with Gasteiger partial charge < -0.3 is 10.6 Å². The van der Waals surface area contributed by atoms with E-state index in [2.05, 4.69) is 23.3 Å². The van der Waals surface area contributed by atoms with Gasteiger partial charge in [-0.05, 0) is 6.07 Å². The van der Waals surface area contributed by atoms with Crippen molar-refractivity contribution in [3.63, 3.8) is 0 Å². The molecule has 5 nitrogen and oxygen atoms in total. The van der Waals surface area contributed by atoms with Crippen LogP contribution in [0.15, 0.2) is 18.2 Å². The molecule has 2 N–H and O–H groups in total. The highest BCUT2D eigenvalue weighted by Crippen LogP contribution is 2.32. The van der Waals surface area contributed by atoms with Crippen LogP contribution in [-0.4, -0.2) is 10.4 Å². The summed E-state index contributed by atoms with van der Waals surface area (Å²) in [5.41, 5.74) is 1.47. The molecule has 13 heavy (non-hydrogen) atoms. The van der Waals surface area contributed by atoms with Gasteiger partial charge in [0, 0.05) is 12.1 Å². The summed E-state index contributed by atoms with van der Waals surface area (Å²) in [6, 6.07) is 4.61. The maximum atomic E-state index is 10.4. The molecular formula is C7H7N3O2S. The number of thiol groups is 1. The number of nitro groups is 1. The lowest BCUT2D eigenvalue weighted by Gasteiger charge is -2.00.